The van der Waals surface area contributed by atoms with Crippen LogP contribution >= 0.6 is 0 Å². The first-order valence-electron chi connectivity index (χ1n) is 26.4. The molecular formula is C67H62BN3O2. The summed E-state index contributed by atoms with van der Waals surface area (Å²) in [6.07, 6.45) is 2.29. The van der Waals surface area contributed by atoms with E-state index in [1.54, 1.807) is 0 Å². The van der Waals surface area contributed by atoms with E-state index in [1.807, 2.05) is 0 Å². The Hall–Kier alpha value is -7.44. The maximum atomic E-state index is 7.12. The van der Waals surface area contributed by atoms with Gasteiger partial charge in [0, 0.05) is 72.3 Å². The van der Waals surface area contributed by atoms with Gasteiger partial charge in [-0.1, -0.05) is 160 Å². The molecule has 0 saturated heterocycles. The lowest BCUT2D eigenvalue weighted by Crippen LogP contribution is -2.56. The number of furan rings is 2. The maximum Gasteiger partial charge on any atom is 0.336 e. The van der Waals surface area contributed by atoms with Crippen LogP contribution in [0.5, 0.6) is 0 Å². The van der Waals surface area contributed by atoms with E-state index in [-0.39, 0.29) is 28.5 Å². The van der Waals surface area contributed by atoms with Crippen LogP contribution in [0.3, 0.4) is 0 Å². The first kappa shape index (κ1) is 44.3. The normalized spacial score (nSPS) is 15.7. The van der Waals surface area contributed by atoms with E-state index < -0.39 is 0 Å². The fraction of sp³-hybridized carbons (Fsp3) is 0.254. The SMILES string of the molecule is Cc1cc2c(cc1N1c3cc(N(c4ccc(C(C)(C)C)cc4)c4ccc(C(C)(C)C)cc4)ccc3B3c4c1cc1c(oc5ccccc51)c4-c1cccc4c5c6ccccc6oc5n3c14)C(C)(C)CCC2(C)C. The van der Waals surface area contributed by atoms with Gasteiger partial charge < -0.3 is 23.1 Å². The Morgan fingerprint density at radius 3 is 1.75 bits per heavy atom. The lowest BCUT2D eigenvalue weighted by Gasteiger charge is -2.44. The number of fused-ring (bicyclic) bond motifs is 14. The first-order chi connectivity index (χ1) is 34.9. The molecule has 6 heteroatoms. The third-order valence-electron chi connectivity index (χ3n) is 17.3. The minimum absolute atomic E-state index is 0.00172. The number of hydrogen-bond acceptors (Lipinski definition) is 4. The van der Waals surface area contributed by atoms with Gasteiger partial charge in [0.05, 0.1) is 5.39 Å². The number of nitrogens with zero attached hydrogens (tertiary/aromatic N) is 3. The van der Waals surface area contributed by atoms with Crippen LogP contribution in [0, 0.1) is 6.92 Å². The second-order valence-corrected chi connectivity index (χ2v) is 24.9. The monoisotopic (exact) mass is 951 g/mol. The molecule has 0 fully saturated rings. The highest BCUT2D eigenvalue weighted by molar-refractivity contribution is 6.90. The van der Waals surface area contributed by atoms with Gasteiger partial charge in [0.2, 0.25) is 0 Å². The summed E-state index contributed by atoms with van der Waals surface area (Å²) in [5.41, 5.74) is 23.3. The van der Waals surface area contributed by atoms with Crippen LogP contribution in [0.25, 0.3) is 66.0 Å². The van der Waals surface area contributed by atoms with Crippen molar-refractivity contribution >= 4 is 107 Å². The van der Waals surface area contributed by atoms with Crippen molar-refractivity contribution in [2.75, 3.05) is 9.80 Å². The summed E-state index contributed by atoms with van der Waals surface area (Å²) in [6, 6.07) is 57.2. The third kappa shape index (κ3) is 6.28. The van der Waals surface area contributed by atoms with Crippen molar-refractivity contribution in [1.82, 2.24) is 4.48 Å². The molecule has 0 spiro atoms. The van der Waals surface area contributed by atoms with E-state index in [1.165, 1.54) is 60.9 Å². The van der Waals surface area contributed by atoms with Crippen LogP contribution in [0.4, 0.5) is 34.1 Å². The zero-order valence-electron chi connectivity index (χ0n) is 44.1. The first-order valence-corrected chi connectivity index (χ1v) is 26.4. The van der Waals surface area contributed by atoms with Gasteiger partial charge in [-0.3, -0.25) is 0 Å². The molecule has 1 aliphatic carbocycles. The standard InChI is InChI=1S/C67H62BN3O2/c1-39-35-50-51(67(10,11)34-33-66(50,8)9)38-53(39)70-54-36-44(69(42-27-23-40(24-28-42)64(2,3)4)43-29-25-41(26-30-43)65(5,6)7)31-32-52(54)68-60-55(70)37-49-45-17-12-14-21-56(45)72-62(49)59(60)48-20-16-19-47-58-46-18-13-15-22-57(46)73-63(58)71(68)61(47)48/h12-32,35-38H,33-34H2,1-11H3. The van der Waals surface area contributed by atoms with Crippen molar-refractivity contribution in [3.05, 3.63) is 179 Å². The molecule has 0 unspecified atom stereocenters. The van der Waals surface area contributed by atoms with Gasteiger partial charge in [-0.05, 0) is 141 Å². The number of para-hydroxylation sites is 3. The zero-order valence-corrected chi connectivity index (χ0v) is 44.1. The molecular weight excluding hydrogens is 890 g/mol. The molecule has 0 N–H and O–H groups in total. The number of benzene rings is 8. The largest absolute Gasteiger partial charge is 0.455 e. The van der Waals surface area contributed by atoms with Crippen molar-refractivity contribution in [2.45, 2.75) is 111 Å². The summed E-state index contributed by atoms with van der Waals surface area (Å²) in [6.45, 7) is 25.6. The van der Waals surface area contributed by atoms with Crippen LogP contribution in [0.15, 0.2) is 160 Å². The fourth-order valence-corrected chi connectivity index (χ4v) is 13.1. The Kier molecular flexibility index (Phi) is 9.00. The lowest BCUT2D eigenvalue weighted by molar-refractivity contribution is 0.332. The average molecular weight is 952 g/mol. The van der Waals surface area contributed by atoms with Gasteiger partial charge in [0.25, 0.3) is 0 Å². The molecule has 0 radical (unpaired) electrons. The van der Waals surface area contributed by atoms with Crippen LogP contribution in [-0.2, 0) is 21.7 Å². The van der Waals surface area contributed by atoms with E-state index in [4.69, 9.17) is 8.83 Å². The second kappa shape index (κ2) is 14.8. The quantitative estimate of drug-likeness (QED) is 0.165. The highest BCUT2D eigenvalue weighted by Gasteiger charge is 2.47. The number of aromatic nitrogens is 1. The van der Waals surface area contributed by atoms with E-state index in [9.17, 15) is 0 Å². The topological polar surface area (TPSA) is 37.7 Å². The van der Waals surface area contributed by atoms with Gasteiger partial charge in [-0.25, -0.2) is 0 Å². The molecule has 2 aliphatic heterocycles. The van der Waals surface area contributed by atoms with Gasteiger partial charge in [-0.2, -0.15) is 0 Å². The highest BCUT2D eigenvalue weighted by Crippen LogP contribution is 2.54. The molecule has 0 amide bonds. The average Bonchev–Trinajstić information content (AvgIpc) is 4.04. The van der Waals surface area contributed by atoms with Crippen molar-refractivity contribution in [3.8, 4) is 11.1 Å². The van der Waals surface area contributed by atoms with Crippen molar-refractivity contribution in [2.24, 2.45) is 0 Å². The second-order valence-electron chi connectivity index (χ2n) is 24.9. The maximum absolute atomic E-state index is 7.12. The number of anilines is 6. The summed E-state index contributed by atoms with van der Waals surface area (Å²) >= 11 is 0. The van der Waals surface area contributed by atoms with Crippen LogP contribution in [0.1, 0.15) is 110 Å². The number of rotatable bonds is 4. The van der Waals surface area contributed by atoms with E-state index in [2.05, 4.69) is 242 Å². The smallest absolute Gasteiger partial charge is 0.336 e. The molecule has 11 aromatic rings. The van der Waals surface area contributed by atoms with E-state index in [0.717, 1.165) is 90.8 Å². The van der Waals surface area contributed by atoms with Crippen molar-refractivity contribution < 1.29 is 8.83 Å². The Labute approximate surface area is 429 Å². The molecule has 5 nitrogen and oxygen atoms in total. The zero-order chi connectivity index (χ0) is 50.2. The molecule has 360 valence electrons. The number of hydrogen-bond donors (Lipinski definition) is 0. The molecule has 73 heavy (non-hydrogen) atoms. The Morgan fingerprint density at radius 2 is 1.11 bits per heavy atom. The fourth-order valence-electron chi connectivity index (χ4n) is 13.1. The van der Waals surface area contributed by atoms with Crippen LogP contribution < -0.4 is 20.7 Å². The minimum atomic E-state index is -0.239. The highest BCUT2D eigenvalue weighted by atomic mass is 16.3. The Morgan fingerprint density at radius 1 is 0.534 bits per heavy atom. The minimum Gasteiger partial charge on any atom is -0.455 e. The summed E-state index contributed by atoms with van der Waals surface area (Å²) in [5.74, 6) is 0. The summed E-state index contributed by atoms with van der Waals surface area (Å²) < 4.78 is 16.8. The molecule has 8 aromatic carbocycles. The summed E-state index contributed by atoms with van der Waals surface area (Å²) in [7, 11) is 0. The summed E-state index contributed by atoms with van der Waals surface area (Å²) in [5, 5.41) is 5.72. The van der Waals surface area contributed by atoms with Gasteiger partial charge in [0.15, 0.2) is 5.71 Å². The van der Waals surface area contributed by atoms with Crippen LogP contribution in [0.2, 0.25) is 0 Å². The molecule has 0 atom stereocenters. The van der Waals surface area contributed by atoms with Gasteiger partial charge in [-0.15, -0.1) is 0 Å². The Bertz CT molecular complexity index is 4070. The lowest BCUT2D eigenvalue weighted by atomic mass is 9.45. The van der Waals surface area contributed by atoms with Gasteiger partial charge in [0.1, 0.15) is 16.7 Å². The Balaban J connectivity index is 1.12. The molecule has 0 saturated carbocycles. The molecule has 14 rings (SSSR count). The van der Waals surface area contributed by atoms with Gasteiger partial charge >= 0.3 is 6.85 Å². The number of aryl methyl sites for hydroxylation is 1. The molecule has 0 bridgehead atoms. The molecule has 3 aromatic heterocycles. The predicted molar refractivity (Wildman–Crippen MR) is 309 cm³/mol. The van der Waals surface area contributed by atoms with Crippen molar-refractivity contribution in [1.29, 1.82) is 0 Å². The van der Waals surface area contributed by atoms with E-state index >= 15 is 0 Å². The van der Waals surface area contributed by atoms with E-state index in [0.29, 0.717) is 0 Å². The third-order valence-corrected chi connectivity index (χ3v) is 17.3. The van der Waals surface area contributed by atoms with Crippen molar-refractivity contribution in [3.63, 3.8) is 0 Å². The molecule has 5 heterocycles. The predicted octanol–water partition coefficient (Wildman–Crippen LogP) is 17.6. The summed E-state index contributed by atoms with van der Waals surface area (Å²) in [4.78, 5) is 5.09. The molecule has 3 aliphatic rings. The van der Waals surface area contributed by atoms with Crippen LogP contribution in [-0.4, -0.2) is 11.3 Å².